The van der Waals surface area contributed by atoms with Crippen molar-refractivity contribution >= 4 is 23.2 Å². The van der Waals surface area contributed by atoms with Crippen molar-refractivity contribution in [3.63, 3.8) is 0 Å². The van der Waals surface area contributed by atoms with Crippen LogP contribution in [0, 0.1) is 5.92 Å². The van der Waals surface area contributed by atoms with Crippen LogP contribution in [0.1, 0.15) is 38.2 Å². The van der Waals surface area contributed by atoms with Crippen LogP contribution in [-0.4, -0.2) is 24.0 Å². The lowest BCUT2D eigenvalue weighted by Gasteiger charge is -2.36. The molecule has 112 valence electrons. The maximum atomic E-state index is 6.21. The summed E-state index contributed by atoms with van der Waals surface area (Å²) in [6, 6.07) is 6.19. The van der Waals surface area contributed by atoms with Gasteiger partial charge in [0.1, 0.15) is 0 Å². The third kappa shape index (κ3) is 4.63. The second kappa shape index (κ2) is 7.65. The average Bonchev–Trinajstić information content (AvgIpc) is 2.40. The molecule has 1 saturated heterocycles. The van der Waals surface area contributed by atoms with Gasteiger partial charge in [0, 0.05) is 25.7 Å². The van der Waals surface area contributed by atoms with Crippen molar-refractivity contribution in [1.29, 1.82) is 0 Å². The van der Waals surface area contributed by atoms with Gasteiger partial charge in [-0.15, -0.1) is 0 Å². The van der Waals surface area contributed by atoms with Crippen molar-refractivity contribution in [3.05, 3.63) is 33.8 Å². The van der Waals surface area contributed by atoms with E-state index in [4.69, 9.17) is 28.9 Å². The molecular formula is C16H24Cl2N2. The molecule has 20 heavy (non-hydrogen) atoms. The van der Waals surface area contributed by atoms with Crippen LogP contribution in [0.25, 0.3) is 0 Å². The normalized spacial score (nSPS) is 24.0. The number of hydrogen-bond donors (Lipinski definition) is 1. The number of rotatable bonds is 5. The van der Waals surface area contributed by atoms with Crippen LogP contribution < -0.4 is 5.73 Å². The van der Waals surface area contributed by atoms with E-state index in [0.29, 0.717) is 16.1 Å². The molecule has 2 rings (SSSR count). The Morgan fingerprint density at radius 2 is 2.05 bits per heavy atom. The molecular weight excluding hydrogens is 291 g/mol. The SMILES string of the molecule is CCCCC1CC(N)CN(Cc2ccc(Cl)c(Cl)c2)C1. The molecule has 1 aromatic carbocycles. The summed E-state index contributed by atoms with van der Waals surface area (Å²) in [6.45, 7) is 5.28. The lowest BCUT2D eigenvalue weighted by molar-refractivity contribution is 0.143. The highest BCUT2D eigenvalue weighted by molar-refractivity contribution is 6.42. The maximum Gasteiger partial charge on any atom is 0.0595 e. The summed E-state index contributed by atoms with van der Waals surface area (Å²) in [5.41, 5.74) is 7.42. The third-order valence-corrected chi connectivity index (χ3v) is 4.74. The second-order valence-electron chi connectivity index (χ2n) is 5.95. The monoisotopic (exact) mass is 314 g/mol. The number of likely N-dealkylation sites (tertiary alicyclic amines) is 1. The minimum absolute atomic E-state index is 0.299. The molecule has 0 spiro atoms. The summed E-state index contributed by atoms with van der Waals surface area (Å²) < 4.78 is 0. The highest BCUT2D eigenvalue weighted by atomic mass is 35.5. The van der Waals surface area contributed by atoms with E-state index in [9.17, 15) is 0 Å². The molecule has 0 aromatic heterocycles. The van der Waals surface area contributed by atoms with E-state index in [0.717, 1.165) is 32.0 Å². The van der Waals surface area contributed by atoms with Crippen LogP contribution in [-0.2, 0) is 6.54 Å². The zero-order valence-corrected chi connectivity index (χ0v) is 13.6. The van der Waals surface area contributed by atoms with Crippen LogP contribution in [0.4, 0.5) is 0 Å². The predicted molar refractivity (Wildman–Crippen MR) is 87.3 cm³/mol. The molecule has 2 unspecified atom stereocenters. The van der Waals surface area contributed by atoms with Crippen molar-refractivity contribution in [2.24, 2.45) is 11.7 Å². The highest BCUT2D eigenvalue weighted by Crippen LogP contribution is 2.26. The van der Waals surface area contributed by atoms with E-state index in [1.165, 1.54) is 24.8 Å². The second-order valence-corrected chi connectivity index (χ2v) is 6.76. The summed E-state index contributed by atoms with van der Waals surface area (Å²) in [5.74, 6) is 0.737. The van der Waals surface area contributed by atoms with Crippen molar-refractivity contribution in [3.8, 4) is 0 Å². The quantitative estimate of drug-likeness (QED) is 0.876. The van der Waals surface area contributed by atoms with Gasteiger partial charge in [0.25, 0.3) is 0 Å². The van der Waals surface area contributed by atoms with Crippen molar-refractivity contribution in [2.45, 2.75) is 45.2 Å². The zero-order valence-electron chi connectivity index (χ0n) is 12.1. The van der Waals surface area contributed by atoms with Gasteiger partial charge in [0.2, 0.25) is 0 Å². The van der Waals surface area contributed by atoms with Crippen LogP contribution in [0.5, 0.6) is 0 Å². The van der Waals surface area contributed by atoms with Crippen molar-refractivity contribution < 1.29 is 0 Å². The Morgan fingerprint density at radius 3 is 2.75 bits per heavy atom. The number of unbranched alkanes of at least 4 members (excludes halogenated alkanes) is 1. The van der Waals surface area contributed by atoms with E-state index in [2.05, 4.69) is 17.9 Å². The Kier molecular flexibility index (Phi) is 6.16. The maximum absolute atomic E-state index is 6.21. The summed E-state index contributed by atoms with van der Waals surface area (Å²) in [7, 11) is 0. The van der Waals surface area contributed by atoms with Gasteiger partial charge in [-0.25, -0.2) is 0 Å². The van der Waals surface area contributed by atoms with E-state index in [1.54, 1.807) is 0 Å². The molecule has 1 fully saturated rings. The van der Waals surface area contributed by atoms with Crippen LogP contribution in [0.3, 0.4) is 0 Å². The Hall–Kier alpha value is -0.280. The standard InChI is InChI=1S/C16H24Cl2N2/c1-2-3-4-12-7-14(19)11-20(9-12)10-13-5-6-15(17)16(18)8-13/h5-6,8,12,14H,2-4,7,9-11,19H2,1H3. The van der Waals surface area contributed by atoms with Gasteiger partial charge < -0.3 is 5.73 Å². The molecule has 0 aliphatic carbocycles. The van der Waals surface area contributed by atoms with Crippen molar-refractivity contribution in [1.82, 2.24) is 4.90 Å². The Bertz CT molecular complexity index is 436. The molecule has 0 radical (unpaired) electrons. The predicted octanol–water partition coefficient (Wildman–Crippen LogP) is 4.33. The van der Waals surface area contributed by atoms with Gasteiger partial charge in [-0.05, 0) is 36.5 Å². The summed E-state index contributed by atoms with van der Waals surface area (Å²) in [6.07, 6.45) is 5.02. The van der Waals surface area contributed by atoms with E-state index >= 15 is 0 Å². The molecule has 1 aliphatic heterocycles. The minimum atomic E-state index is 0.299. The van der Waals surface area contributed by atoms with Gasteiger partial charge in [-0.2, -0.15) is 0 Å². The Morgan fingerprint density at radius 1 is 1.25 bits per heavy atom. The smallest absolute Gasteiger partial charge is 0.0595 e. The van der Waals surface area contributed by atoms with Crippen LogP contribution in [0.15, 0.2) is 18.2 Å². The van der Waals surface area contributed by atoms with E-state index in [1.807, 2.05) is 12.1 Å². The molecule has 2 nitrogen and oxygen atoms in total. The van der Waals surface area contributed by atoms with E-state index < -0.39 is 0 Å². The van der Waals surface area contributed by atoms with Gasteiger partial charge >= 0.3 is 0 Å². The van der Waals surface area contributed by atoms with Gasteiger partial charge in [0.15, 0.2) is 0 Å². The number of halogens is 2. The molecule has 2 atom stereocenters. The highest BCUT2D eigenvalue weighted by Gasteiger charge is 2.24. The number of piperidine rings is 1. The largest absolute Gasteiger partial charge is 0.327 e. The van der Waals surface area contributed by atoms with E-state index in [-0.39, 0.29) is 0 Å². The lowest BCUT2D eigenvalue weighted by Crippen LogP contribution is -2.46. The van der Waals surface area contributed by atoms with Gasteiger partial charge in [-0.3, -0.25) is 4.90 Å². The summed E-state index contributed by atoms with van der Waals surface area (Å²) in [4.78, 5) is 2.45. The first-order valence-electron chi connectivity index (χ1n) is 7.50. The first kappa shape index (κ1) is 16.1. The van der Waals surface area contributed by atoms with Crippen LogP contribution in [0.2, 0.25) is 10.0 Å². The number of benzene rings is 1. The summed E-state index contributed by atoms with van der Waals surface area (Å²) >= 11 is 12.0. The molecule has 2 N–H and O–H groups in total. The fraction of sp³-hybridized carbons (Fsp3) is 0.625. The third-order valence-electron chi connectivity index (χ3n) is 4.00. The summed E-state index contributed by atoms with van der Waals surface area (Å²) in [5, 5.41) is 1.25. The minimum Gasteiger partial charge on any atom is -0.327 e. The molecule has 0 amide bonds. The molecule has 0 bridgehead atoms. The first-order valence-corrected chi connectivity index (χ1v) is 8.26. The van der Waals surface area contributed by atoms with Gasteiger partial charge in [0.05, 0.1) is 10.0 Å². The van der Waals surface area contributed by atoms with Crippen molar-refractivity contribution in [2.75, 3.05) is 13.1 Å². The number of hydrogen-bond acceptors (Lipinski definition) is 2. The van der Waals surface area contributed by atoms with Gasteiger partial charge in [-0.1, -0.05) is 49.0 Å². The number of nitrogens with zero attached hydrogens (tertiary/aromatic N) is 1. The molecule has 1 aromatic rings. The topological polar surface area (TPSA) is 29.3 Å². The fourth-order valence-electron chi connectivity index (χ4n) is 3.08. The van der Waals surface area contributed by atoms with Crippen LogP contribution >= 0.6 is 23.2 Å². The Balaban J connectivity index is 1.95. The molecule has 1 aliphatic rings. The number of nitrogens with two attached hydrogens (primary N) is 1. The molecule has 4 heteroatoms. The first-order chi connectivity index (χ1) is 9.58. The molecule has 0 saturated carbocycles. The molecule has 1 heterocycles. The Labute approximate surface area is 132 Å². The zero-order chi connectivity index (χ0) is 14.5. The lowest BCUT2D eigenvalue weighted by atomic mass is 9.90. The average molecular weight is 315 g/mol. The fourth-order valence-corrected chi connectivity index (χ4v) is 3.40.